The maximum Gasteiger partial charge on any atom is 0.408 e. The first kappa shape index (κ1) is 27.5. The van der Waals surface area contributed by atoms with E-state index in [0.29, 0.717) is 25.8 Å². The average Bonchev–Trinajstić information content (AvgIpc) is 3.22. The van der Waals surface area contributed by atoms with Crippen LogP contribution in [0, 0.1) is 0 Å². The van der Waals surface area contributed by atoms with E-state index in [0.717, 1.165) is 25.7 Å². The van der Waals surface area contributed by atoms with E-state index in [-0.39, 0.29) is 12.5 Å². The molecule has 2 N–H and O–H groups in total. The molecule has 182 valence electrons. The largest absolute Gasteiger partial charge is 0.467 e. The van der Waals surface area contributed by atoms with Gasteiger partial charge >= 0.3 is 12.1 Å². The van der Waals surface area contributed by atoms with Crippen molar-refractivity contribution in [3.05, 3.63) is 12.2 Å². The molecule has 9 heteroatoms. The molecule has 1 saturated heterocycles. The topological polar surface area (TPSA) is 114 Å². The Hall–Kier alpha value is -2.58. The molecular weight excluding hydrogens is 414 g/mol. The van der Waals surface area contributed by atoms with Crippen LogP contribution in [-0.4, -0.2) is 66.7 Å². The molecule has 1 heterocycles. The molecular formula is C23H39N3O6. The molecule has 0 saturated carbocycles. The molecule has 2 unspecified atom stereocenters. The minimum absolute atomic E-state index is 0.264. The van der Waals surface area contributed by atoms with Crippen LogP contribution in [0.2, 0.25) is 0 Å². The van der Waals surface area contributed by atoms with E-state index in [1.165, 1.54) is 12.0 Å². The lowest BCUT2D eigenvalue weighted by atomic mass is 10.1. The highest BCUT2D eigenvalue weighted by Crippen LogP contribution is 2.18. The third kappa shape index (κ3) is 10.2. The van der Waals surface area contributed by atoms with Crippen molar-refractivity contribution in [3.8, 4) is 0 Å². The first-order valence-electron chi connectivity index (χ1n) is 11.4. The summed E-state index contributed by atoms with van der Waals surface area (Å²) in [6.45, 7) is 7.47. The summed E-state index contributed by atoms with van der Waals surface area (Å²) < 4.78 is 9.95. The predicted octanol–water partition coefficient (Wildman–Crippen LogP) is 2.69. The van der Waals surface area contributed by atoms with Gasteiger partial charge in [-0.05, 0) is 52.9 Å². The molecule has 1 rings (SSSR count). The zero-order chi connectivity index (χ0) is 24.1. The Morgan fingerprint density at radius 2 is 1.88 bits per heavy atom. The molecule has 0 aromatic heterocycles. The number of carbonyl (C=O) groups is 4. The van der Waals surface area contributed by atoms with Gasteiger partial charge in [-0.15, -0.1) is 0 Å². The van der Waals surface area contributed by atoms with Crippen LogP contribution in [0.4, 0.5) is 4.79 Å². The monoisotopic (exact) mass is 453 g/mol. The number of ether oxygens (including phenoxy) is 2. The fraction of sp³-hybridized carbons (Fsp3) is 0.739. The number of likely N-dealkylation sites (tertiary alicyclic amines) is 1. The summed E-state index contributed by atoms with van der Waals surface area (Å²) in [6, 6.07) is -1.50. The third-order valence-corrected chi connectivity index (χ3v) is 4.97. The van der Waals surface area contributed by atoms with Crippen molar-refractivity contribution in [1.29, 1.82) is 0 Å². The van der Waals surface area contributed by atoms with Gasteiger partial charge in [-0.1, -0.05) is 31.9 Å². The van der Waals surface area contributed by atoms with Crippen LogP contribution in [0.25, 0.3) is 0 Å². The third-order valence-electron chi connectivity index (χ3n) is 4.97. The van der Waals surface area contributed by atoms with Crippen molar-refractivity contribution in [2.24, 2.45) is 0 Å². The average molecular weight is 454 g/mol. The van der Waals surface area contributed by atoms with Crippen LogP contribution in [0.1, 0.15) is 72.6 Å². The number of methoxy groups -OCH3 is 1. The van der Waals surface area contributed by atoms with Crippen LogP contribution in [0.5, 0.6) is 0 Å². The number of nitrogens with one attached hydrogen (secondary N) is 2. The number of nitrogens with zero attached hydrogens (tertiary/aromatic N) is 1. The maximum atomic E-state index is 12.8. The first-order valence-corrected chi connectivity index (χ1v) is 11.4. The zero-order valence-corrected chi connectivity index (χ0v) is 20.1. The lowest BCUT2D eigenvalue weighted by Crippen LogP contribution is -2.52. The van der Waals surface area contributed by atoms with Crippen molar-refractivity contribution in [1.82, 2.24) is 15.5 Å². The molecule has 2 atom stereocenters. The number of rotatable bonds is 11. The molecule has 1 aliphatic rings. The minimum Gasteiger partial charge on any atom is -0.467 e. The SMILES string of the molecule is CCCCC/C=C\CC(NC(=O)C1CCCN1C(=O)CNC(=O)OC(C)(C)C)C(=O)OC. The van der Waals surface area contributed by atoms with Crippen molar-refractivity contribution in [2.75, 3.05) is 20.2 Å². The summed E-state index contributed by atoms with van der Waals surface area (Å²) >= 11 is 0. The van der Waals surface area contributed by atoms with Gasteiger partial charge in [-0.2, -0.15) is 0 Å². The molecule has 0 aromatic carbocycles. The quantitative estimate of drug-likeness (QED) is 0.282. The van der Waals surface area contributed by atoms with E-state index in [4.69, 9.17) is 9.47 Å². The number of allylic oxidation sites excluding steroid dienone is 1. The Bertz CT molecular complexity index is 671. The lowest BCUT2D eigenvalue weighted by molar-refractivity contribution is -0.146. The summed E-state index contributed by atoms with van der Waals surface area (Å²) in [5, 5.41) is 5.15. The van der Waals surface area contributed by atoms with Gasteiger partial charge in [0.25, 0.3) is 0 Å². The molecule has 0 radical (unpaired) electrons. The van der Waals surface area contributed by atoms with Crippen LogP contribution in [0.3, 0.4) is 0 Å². The molecule has 3 amide bonds. The summed E-state index contributed by atoms with van der Waals surface area (Å²) in [5.74, 6) is -1.30. The van der Waals surface area contributed by atoms with Gasteiger partial charge in [0.1, 0.15) is 24.2 Å². The second kappa shape index (κ2) is 13.8. The van der Waals surface area contributed by atoms with E-state index < -0.39 is 35.7 Å². The molecule has 9 nitrogen and oxygen atoms in total. The molecule has 0 aliphatic carbocycles. The highest BCUT2D eigenvalue weighted by atomic mass is 16.6. The van der Waals surface area contributed by atoms with Crippen LogP contribution in [-0.2, 0) is 23.9 Å². The standard InChI is InChI=1S/C23H39N3O6/c1-6-7-8-9-10-11-13-17(21(29)31-5)25-20(28)18-14-12-15-26(18)19(27)16-24-22(30)32-23(2,3)4/h10-11,17-18H,6-9,12-16H2,1-5H3,(H,24,30)(H,25,28)/b11-10-. The van der Waals surface area contributed by atoms with Gasteiger partial charge < -0.3 is 25.0 Å². The highest BCUT2D eigenvalue weighted by molar-refractivity contribution is 5.92. The molecule has 1 fully saturated rings. The molecule has 0 aromatic rings. The van der Waals surface area contributed by atoms with Crippen LogP contribution < -0.4 is 10.6 Å². The Morgan fingerprint density at radius 3 is 2.50 bits per heavy atom. The second-order valence-corrected chi connectivity index (χ2v) is 8.89. The number of amides is 3. The zero-order valence-electron chi connectivity index (χ0n) is 20.1. The van der Waals surface area contributed by atoms with Gasteiger partial charge in [-0.3, -0.25) is 9.59 Å². The number of alkyl carbamates (subject to hydrolysis) is 1. The van der Waals surface area contributed by atoms with E-state index in [1.807, 2.05) is 12.2 Å². The lowest BCUT2D eigenvalue weighted by Gasteiger charge is -2.26. The van der Waals surface area contributed by atoms with Gasteiger partial charge in [0, 0.05) is 6.54 Å². The summed E-state index contributed by atoms with van der Waals surface area (Å²) in [5.41, 5.74) is -0.670. The van der Waals surface area contributed by atoms with E-state index in [1.54, 1.807) is 20.8 Å². The fourth-order valence-electron chi connectivity index (χ4n) is 3.39. The van der Waals surface area contributed by atoms with E-state index in [2.05, 4.69) is 17.6 Å². The number of esters is 1. The molecule has 1 aliphatic heterocycles. The Balaban J connectivity index is 2.63. The van der Waals surface area contributed by atoms with E-state index in [9.17, 15) is 19.2 Å². The maximum absolute atomic E-state index is 12.8. The van der Waals surface area contributed by atoms with Crippen molar-refractivity contribution in [3.63, 3.8) is 0 Å². The molecule has 0 bridgehead atoms. The summed E-state index contributed by atoms with van der Waals surface area (Å²) in [6.07, 6.45) is 8.96. The van der Waals surface area contributed by atoms with Gasteiger partial charge in [0.15, 0.2) is 0 Å². The van der Waals surface area contributed by atoms with Crippen LogP contribution >= 0.6 is 0 Å². The Labute approximate surface area is 191 Å². The van der Waals surface area contributed by atoms with Crippen molar-refractivity contribution >= 4 is 23.9 Å². The Morgan fingerprint density at radius 1 is 1.16 bits per heavy atom. The number of carbonyl (C=O) groups excluding carboxylic acids is 4. The van der Waals surface area contributed by atoms with Gasteiger partial charge in [0.05, 0.1) is 7.11 Å². The molecule has 0 spiro atoms. The first-order chi connectivity index (χ1) is 15.1. The highest BCUT2D eigenvalue weighted by Gasteiger charge is 2.36. The summed E-state index contributed by atoms with van der Waals surface area (Å²) in [7, 11) is 1.28. The number of hydrogen-bond acceptors (Lipinski definition) is 6. The second-order valence-electron chi connectivity index (χ2n) is 8.89. The van der Waals surface area contributed by atoms with Gasteiger partial charge in [0.2, 0.25) is 11.8 Å². The molecule has 32 heavy (non-hydrogen) atoms. The van der Waals surface area contributed by atoms with Crippen molar-refractivity contribution < 1.29 is 28.7 Å². The predicted molar refractivity (Wildman–Crippen MR) is 121 cm³/mol. The van der Waals surface area contributed by atoms with E-state index >= 15 is 0 Å². The number of unbranched alkanes of at least 4 members (excludes halogenated alkanes) is 3. The summed E-state index contributed by atoms with van der Waals surface area (Å²) in [4.78, 5) is 50.8. The normalized spacial score (nSPS) is 17.2. The fourth-order valence-corrected chi connectivity index (χ4v) is 3.39. The minimum atomic E-state index is -0.813. The van der Waals surface area contributed by atoms with Gasteiger partial charge in [-0.25, -0.2) is 9.59 Å². The van der Waals surface area contributed by atoms with Crippen molar-refractivity contribution in [2.45, 2.75) is 90.3 Å². The van der Waals surface area contributed by atoms with Crippen LogP contribution in [0.15, 0.2) is 12.2 Å². The number of hydrogen-bond donors (Lipinski definition) is 2. The Kier molecular flexibility index (Phi) is 11.8. The smallest absolute Gasteiger partial charge is 0.408 e.